The number of nitrogens with two attached hydrogens (primary N) is 1. The summed E-state index contributed by atoms with van der Waals surface area (Å²) in [5.41, 5.74) is 4.82. The van der Waals surface area contributed by atoms with Gasteiger partial charge in [0, 0.05) is 5.25 Å². The van der Waals surface area contributed by atoms with Crippen molar-refractivity contribution in [2.45, 2.75) is 25.5 Å². The number of carbonyl (C=O) groups is 1. The summed E-state index contributed by atoms with van der Waals surface area (Å²) in [5, 5.41) is 0.442. The van der Waals surface area contributed by atoms with E-state index in [0.29, 0.717) is 5.25 Å². The number of hydrogen-bond donors (Lipinski definition) is 2. The third-order valence-electron chi connectivity index (χ3n) is 0.936. The van der Waals surface area contributed by atoms with Gasteiger partial charge in [0.1, 0.15) is 0 Å². The van der Waals surface area contributed by atoms with Crippen LogP contribution in [-0.4, -0.2) is 11.3 Å². The molecule has 54 valence electrons. The molecule has 0 heterocycles. The lowest BCUT2D eigenvalue weighted by Gasteiger charge is -2.05. The zero-order chi connectivity index (χ0) is 7.28. The van der Waals surface area contributed by atoms with Gasteiger partial charge in [-0.25, -0.2) is 4.79 Å². The molecule has 0 bridgehead atoms. The van der Waals surface area contributed by atoms with Gasteiger partial charge in [0.25, 0.3) is 0 Å². The smallest absolute Gasteiger partial charge is 0.322 e. The molecule has 3 nitrogen and oxygen atoms in total. The Morgan fingerprint density at radius 3 is 2.78 bits per heavy atom. The van der Waals surface area contributed by atoms with E-state index in [1.54, 1.807) is 0 Å². The molecule has 0 saturated heterocycles. The fourth-order valence-corrected chi connectivity index (χ4v) is 0.726. The van der Waals surface area contributed by atoms with Crippen molar-refractivity contribution in [2.24, 2.45) is 5.73 Å². The van der Waals surface area contributed by atoms with E-state index in [2.05, 4.69) is 11.6 Å². The Bertz CT molecular complexity index is 97.0. The van der Waals surface area contributed by atoms with Crippen molar-refractivity contribution in [3.05, 3.63) is 0 Å². The average Bonchev–Trinajstić information content (AvgIpc) is 1.83. The van der Waals surface area contributed by atoms with Crippen molar-refractivity contribution in [3.8, 4) is 0 Å². The molecular weight excluding hydrogens is 136 g/mol. The van der Waals surface area contributed by atoms with Gasteiger partial charge in [-0.05, 0) is 18.4 Å². The van der Waals surface area contributed by atoms with Crippen molar-refractivity contribution >= 4 is 18.0 Å². The van der Waals surface area contributed by atoms with E-state index in [9.17, 15) is 4.79 Å². The molecule has 4 heteroatoms. The molecule has 0 spiro atoms. The minimum atomic E-state index is -0.472. The number of carbonyl (C=O) groups excluding carboxylic acids is 1. The van der Waals surface area contributed by atoms with Gasteiger partial charge in [-0.1, -0.05) is 13.8 Å². The highest BCUT2D eigenvalue weighted by atomic mass is 32.2. The molecule has 3 N–H and O–H groups in total. The van der Waals surface area contributed by atoms with Crippen LogP contribution in [-0.2, 0) is 0 Å². The van der Waals surface area contributed by atoms with Gasteiger partial charge in [-0.3, -0.25) is 4.72 Å². The second-order valence-corrected chi connectivity index (χ2v) is 3.05. The fourth-order valence-electron chi connectivity index (χ4n) is 0.242. The molecule has 0 aliphatic carbocycles. The van der Waals surface area contributed by atoms with Crippen LogP contribution < -0.4 is 10.5 Å². The first-order chi connectivity index (χ1) is 4.16. The number of hydrogen-bond acceptors (Lipinski definition) is 2. The van der Waals surface area contributed by atoms with E-state index in [1.807, 2.05) is 6.92 Å². The van der Waals surface area contributed by atoms with Crippen molar-refractivity contribution in [2.75, 3.05) is 0 Å². The average molecular weight is 148 g/mol. The van der Waals surface area contributed by atoms with Gasteiger partial charge < -0.3 is 5.73 Å². The number of amides is 2. The van der Waals surface area contributed by atoms with E-state index in [-0.39, 0.29) is 0 Å². The first-order valence-electron chi connectivity index (χ1n) is 2.88. The Morgan fingerprint density at radius 1 is 1.89 bits per heavy atom. The molecule has 0 aliphatic rings. The van der Waals surface area contributed by atoms with Crippen molar-refractivity contribution < 1.29 is 4.79 Å². The summed E-state index contributed by atoms with van der Waals surface area (Å²) in [4.78, 5) is 10.1. The highest BCUT2D eigenvalue weighted by Crippen LogP contribution is 2.07. The summed E-state index contributed by atoms with van der Waals surface area (Å²) in [6.07, 6.45) is 1.03. The van der Waals surface area contributed by atoms with Gasteiger partial charge >= 0.3 is 6.03 Å². The topological polar surface area (TPSA) is 55.1 Å². The van der Waals surface area contributed by atoms with Gasteiger partial charge in [-0.15, -0.1) is 0 Å². The Balaban J connectivity index is 3.16. The van der Waals surface area contributed by atoms with E-state index >= 15 is 0 Å². The number of rotatable bonds is 3. The molecule has 2 amide bonds. The number of urea groups is 1. The molecule has 0 aromatic rings. The quantitative estimate of drug-likeness (QED) is 0.589. The summed E-state index contributed by atoms with van der Waals surface area (Å²) in [5.74, 6) is 0. The lowest BCUT2D eigenvalue weighted by atomic mass is 10.4. The maximum atomic E-state index is 10.1. The zero-order valence-electron chi connectivity index (χ0n) is 5.68. The minimum absolute atomic E-state index is 0.442. The maximum absolute atomic E-state index is 10.1. The van der Waals surface area contributed by atoms with Crippen LogP contribution in [0.4, 0.5) is 4.79 Å². The van der Waals surface area contributed by atoms with Crippen LogP contribution in [0.1, 0.15) is 20.3 Å². The summed E-state index contributed by atoms with van der Waals surface area (Å²) < 4.78 is 2.45. The monoisotopic (exact) mass is 148 g/mol. The number of nitrogens with one attached hydrogen (secondary N) is 1. The van der Waals surface area contributed by atoms with Crippen LogP contribution in [0.5, 0.6) is 0 Å². The van der Waals surface area contributed by atoms with Gasteiger partial charge in [0.2, 0.25) is 0 Å². The molecule has 0 aromatic heterocycles. The predicted octanol–water partition coefficient (Wildman–Crippen LogP) is 1.10. The Hall–Kier alpha value is -0.380. The second kappa shape index (κ2) is 4.49. The maximum Gasteiger partial charge on any atom is 0.322 e. The Labute approximate surface area is 59.5 Å². The fraction of sp³-hybridized carbons (Fsp3) is 0.800. The first-order valence-corrected chi connectivity index (χ1v) is 3.75. The lowest BCUT2D eigenvalue weighted by molar-refractivity contribution is 0.254. The lowest BCUT2D eigenvalue weighted by Crippen LogP contribution is -2.24. The van der Waals surface area contributed by atoms with Crippen LogP contribution in [0.15, 0.2) is 0 Å². The Kier molecular flexibility index (Phi) is 4.30. The summed E-state index contributed by atoms with van der Waals surface area (Å²) in [7, 11) is 0. The molecule has 0 radical (unpaired) electrons. The van der Waals surface area contributed by atoms with Crippen LogP contribution in [0, 0.1) is 0 Å². The molecular formula is C5H12N2OS. The Morgan fingerprint density at radius 2 is 2.44 bits per heavy atom. The highest BCUT2D eigenvalue weighted by Gasteiger charge is 1.98. The van der Waals surface area contributed by atoms with Crippen LogP contribution in [0.3, 0.4) is 0 Å². The van der Waals surface area contributed by atoms with Crippen LogP contribution in [0.25, 0.3) is 0 Å². The molecule has 0 aliphatic heterocycles. The third kappa shape index (κ3) is 5.49. The highest BCUT2D eigenvalue weighted by molar-refractivity contribution is 7.98. The summed E-state index contributed by atoms with van der Waals surface area (Å²) >= 11 is 1.36. The van der Waals surface area contributed by atoms with Gasteiger partial charge in [0.05, 0.1) is 0 Å². The van der Waals surface area contributed by atoms with Gasteiger partial charge in [0.15, 0.2) is 0 Å². The summed E-state index contributed by atoms with van der Waals surface area (Å²) in [6, 6.07) is -0.472. The standard InChI is InChI=1S/C5H12N2OS/c1-3-4(2)9-7-5(6)8/h4H,3H2,1-2H3,(H3,6,7,8)/t4-/m1/s1. The van der Waals surface area contributed by atoms with E-state index in [1.165, 1.54) is 11.9 Å². The molecule has 0 rings (SSSR count). The minimum Gasteiger partial charge on any atom is -0.351 e. The summed E-state index contributed by atoms with van der Waals surface area (Å²) in [6.45, 7) is 4.08. The molecule has 9 heavy (non-hydrogen) atoms. The molecule has 0 fully saturated rings. The first kappa shape index (κ1) is 8.62. The zero-order valence-corrected chi connectivity index (χ0v) is 6.49. The SMILES string of the molecule is CC[C@@H](C)SNC(N)=O. The molecule has 0 aromatic carbocycles. The number of primary amides is 1. The van der Waals surface area contributed by atoms with Crippen LogP contribution >= 0.6 is 11.9 Å². The van der Waals surface area contributed by atoms with Crippen molar-refractivity contribution in [1.29, 1.82) is 0 Å². The molecule has 1 atom stereocenters. The van der Waals surface area contributed by atoms with Crippen LogP contribution in [0.2, 0.25) is 0 Å². The largest absolute Gasteiger partial charge is 0.351 e. The van der Waals surface area contributed by atoms with Crippen molar-refractivity contribution in [1.82, 2.24) is 4.72 Å². The normalized spacial score (nSPS) is 12.7. The predicted molar refractivity (Wildman–Crippen MR) is 40.1 cm³/mol. The van der Waals surface area contributed by atoms with Gasteiger partial charge in [-0.2, -0.15) is 0 Å². The van der Waals surface area contributed by atoms with E-state index < -0.39 is 6.03 Å². The molecule has 0 saturated carbocycles. The van der Waals surface area contributed by atoms with E-state index in [4.69, 9.17) is 5.73 Å². The third-order valence-corrected chi connectivity index (χ3v) is 1.99. The second-order valence-electron chi connectivity index (χ2n) is 1.80. The van der Waals surface area contributed by atoms with Crippen molar-refractivity contribution in [3.63, 3.8) is 0 Å². The molecule has 0 unspecified atom stereocenters. The van der Waals surface area contributed by atoms with E-state index in [0.717, 1.165) is 6.42 Å².